The Hall–Kier alpha value is -1.43. The molecule has 0 aliphatic heterocycles. The van der Waals surface area contributed by atoms with Crippen LogP contribution in [0.3, 0.4) is 0 Å². The van der Waals surface area contributed by atoms with Crippen molar-refractivity contribution in [1.82, 2.24) is 4.98 Å². The van der Waals surface area contributed by atoms with Gasteiger partial charge < -0.3 is 10.4 Å². The maximum Gasteiger partial charge on any atom is 0.356 e. The Bertz CT molecular complexity index is 496. The molecule has 1 rings (SSSR count). The van der Waals surface area contributed by atoms with Crippen molar-refractivity contribution in [2.75, 3.05) is 5.32 Å². The highest BCUT2D eigenvalue weighted by atomic mass is 32.1. The molecule has 0 saturated carbocycles. The van der Waals surface area contributed by atoms with Crippen LogP contribution < -0.4 is 5.32 Å². The lowest BCUT2D eigenvalue weighted by Crippen LogP contribution is -2.35. The van der Waals surface area contributed by atoms with Gasteiger partial charge in [0.15, 0.2) is 16.6 Å². The number of thiazole rings is 1. The molecule has 0 unspecified atom stereocenters. The largest absolute Gasteiger partial charge is 0.476 e. The highest BCUT2D eigenvalue weighted by Crippen LogP contribution is 2.32. The van der Waals surface area contributed by atoms with Crippen LogP contribution in [0.2, 0.25) is 0 Å². The summed E-state index contributed by atoms with van der Waals surface area (Å²) in [5, 5.41) is 12.8. The van der Waals surface area contributed by atoms with E-state index >= 15 is 0 Å². The van der Waals surface area contributed by atoms with E-state index in [1.54, 1.807) is 0 Å². The number of hydrogen-bond acceptors (Lipinski definition) is 5. The molecule has 0 amide bonds. The summed E-state index contributed by atoms with van der Waals surface area (Å²) >= 11 is 1.10. The first kappa shape index (κ1) is 16.6. The lowest BCUT2D eigenvalue weighted by molar-refractivity contribution is 0.0687. The molecule has 1 aromatic heterocycles. The van der Waals surface area contributed by atoms with Crippen LogP contribution in [0.15, 0.2) is 0 Å². The number of hydrogen-bond donors (Lipinski definition) is 2. The SMILES string of the molecule is CC(=O)c1sc(NC(C)(C)CC(C)(C)C)nc1C(=O)O. The monoisotopic (exact) mass is 298 g/mol. The smallest absolute Gasteiger partial charge is 0.356 e. The maximum atomic E-state index is 11.5. The minimum atomic E-state index is -1.17. The second-order valence-corrected chi connectivity index (χ2v) is 7.80. The molecule has 1 aromatic rings. The molecule has 0 spiro atoms. The Kier molecular flexibility index (Phi) is 4.59. The van der Waals surface area contributed by atoms with Crippen LogP contribution in [0.4, 0.5) is 5.13 Å². The molecular formula is C14H22N2O3S. The van der Waals surface area contributed by atoms with E-state index in [0.29, 0.717) is 5.13 Å². The Balaban J connectivity index is 3.02. The van der Waals surface area contributed by atoms with Crippen molar-refractivity contribution in [1.29, 1.82) is 0 Å². The fourth-order valence-electron chi connectivity index (χ4n) is 2.42. The Morgan fingerprint density at radius 2 is 1.80 bits per heavy atom. The van der Waals surface area contributed by atoms with Gasteiger partial charge in [-0.25, -0.2) is 9.78 Å². The predicted octanol–water partition coefficient (Wildman–Crippen LogP) is 3.67. The number of rotatable bonds is 5. The number of carboxylic acid groups (broad SMARTS) is 1. The van der Waals surface area contributed by atoms with Crippen molar-refractivity contribution < 1.29 is 14.7 Å². The summed E-state index contributed by atoms with van der Waals surface area (Å²) in [6, 6.07) is 0. The molecule has 20 heavy (non-hydrogen) atoms. The summed E-state index contributed by atoms with van der Waals surface area (Å²) in [5.74, 6) is -1.45. The van der Waals surface area contributed by atoms with E-state index in [1.165, 1.54) is 6.92 Å². The van der Waals surface area contributed by atoms with Gasteiger partial charge in [-0.15, -0.1) is 0 Å². The van der Waals surface area contributed by atoms with Crippen LogP contribution in [0.5, 0.6) is 0 Å². The van der Waals surface area contributed by atoms with Crippen LogP contribution in [0.25, 0.3) is 0 Å². The average molecular weight is 298 g/mol. The zero-order valence-corrected chi connectivity index (χ0v) is 13.6. The van der Waals surface area contributed by atoms with Crippen molar-refractivity contribution in [3.05, 3.63) is 10.6 Å². The highest BCUT2D eigenvalue weighted by molar-refractivity contribution is 7.17. The third-order valence-electron chi connectivity index (χ3n) is 2.57. The van der Waals surface area contributed by atoms with E-state index in [2.05, 4.69) is 31.1 Å². The van der Waals surface area contributed by atoms with Gasteiger partial charge in [0.1, 0.15) is 4.88 Å². The van der Waals surface area contributed by atoms with Gasteiger partial charge in [0, 0.05) is 12.5 Å². The van der Waals surface area contributed by atoms with E-state index in [-0.39, 0.29) is 27.3 Å². The molecule has 0 radical (unpaired) electrons. The first-order valence-corrected chi connectivity index (χ1v) is 7.26. The molecule has 112 valence electrons. The minimum Gasteiger partial charge on any atom is -0.476 e. The molecule has 2 N–H and O–H groups in total. The summed E-state index contributed by atoms with van der Waals surface area (Å²) in [5.41, 5.74) is -0.274. The third-order valence-corrected chi connectivity index (χ3v) is 3.64. The normalized spacial score (nSPS) is 12.3. The standard InChI is InChI=1S/C14H22N2O3S/c1-8(17)10-9(11(18)19)15-12(20-10)16-14(5,6)7-13(2,3)4/h7H2,1-6H3,(H,15,16)(H,18,19). The summed E-state index contributed by atoms with van der Waals surface area (Å²) in [6.45, 7) is 11.8. The third kappa shape index (κ3) is 4.59. The van der Waals surface area contributed by atoms with Crippen LogP contribution in [0.1, 0.15) is 68.1 Å². The number of aromatic nitrogens is 1. The molecule has 1 heterocycles. The highest BCUT2D eigenvalue weighted by Gasteiger charge is 2.28. The molecular weight excluding hydrogens is 276 g/mol. The fraction of sp³-hybridized carbons (Fsp3) is 0.643. The molecule has 0 bridgehead atoms. The molecule has 0 fully saturated rings. The maximum absolute atomic E-state index is 11.5. The van der Waals surface area contributed by atoms with Gasteiger partial charge in [-0.3, -0.25) is 4.79 Å². The number of carboxylic acids is 1. The van der Waals surface area contributed by atoms with Crippen LogP contribution in [-0.2, 0) is 0 Å². The van der Waals surface area contributed by atoms with Gasteiger partial charge in [-0.2, -0.15) is 0 Å². The summed E-state index contributed by atoms with van der Waals surface area (Å²) in [6.07, 6.45) is 0.886. The quantitative estimate of drug-likeness (QED) is 0.811. The predicted molar refractivity (Wildman–Crippen MR) is 80.9 cm³/mol. The number of aromatic carboxylic acids is 1. The van der Waals surface area contributed by atoms with E-state index in [9.17, 15) is 9.59 Å². The molecule has 0 aliphatic carbocycles. The fourth-order valence-corrected chi connectivity index (χ4v) is 3.45. The molecule has 6 heteroatoms. The van der Waals surface area contributed by atoms with Gasteiger partial charge in [0.2, 0.25) is 0 Å². The second-order valence-electron chi connectivity index (χ2n) is 6.80. The van der Waals surface area contributed by atoms with E-state index < -0.39 is 5.97 Å². The number of nitrogens with zero attached hydrogens (tertiary/aromatic N) is 1. The molecule has 5 nitrogen and oxygen atoms in total. The minimum absolute atomic E-state index is 0.132. The van der Waals surface area contributed by atoms with E-state index in [1.807, 2.05) is 13.8 Å². The lowest BCUT2D eigenvalue weighted by Gasteiger charge is -2.33. The number of carbonyl (C=O) groups is 2. The zero-order chi connectivity index (χ0) is 15.7. The second kappa shape index (κ2) is 5.52. The van der Waals surface area contributed by atoms with Gasteiger partial charge in [-0.05, 0) is 25.7 Å². The van der Waals surface area contributed by atoms with Crippen LogP contribution >= 0.6 is 11.3 Å². The van der Waals surface area contributed by atoms with Gasteiger partial charge in [0.05, 0.1) is 0 Å². The number of anilines is 1. The number of nitrogens with one attached hydrogen (secondary N) is 1. The van der Waals surface area contributed by atoms with Crippen molar-refractivity contribution in [2.24, 2.45) is 5.41 Å². The molecule has 0 aromatic carbocycles. The van der Waals surface area contributed by atoms with Gasteiger partial charge >= 0.3 is 5.97 Å². The lowest BCUT2D eigenvalue weighted by atomic mass is 9.82. The number of ketones is 1. The Morgan fingerprint density at radius 3 is 2.15 bits per heavy atom. The van der Waals surface area contributed by atoms with Crippen LogP contribution in [-0.4, -0.2) is 27.4 Å². The summed E-state index contributed by atoms with van der Waals surface area (Å²) in [4.78, 5) is 26.8. The molecule has 0 aliphatic rings. The first-order valence-electron chi connectivity index (χ1n) is 6.44. The Morgan fingerprint density at radius 1 is 1.25 bits per heavy atom. The van der Waals surface area contributed by atoms with Gasteiger partial charge in [0.25, 0.3) is 0 Å². The molecule has 0 saturated heterocycles. The van der Waals surface area contributed by atoms with Crippen LogP contribution in [0, 0.1) is 5.41 Å². The number of carbonyl (C=O) groups excluding carboxylic acids is 1. The average Bonchev–Trinajstić information content (AvgIpc) is 2.56. The van der Waals surface area contributed by atoms with Crippen molar-refractivity contribution in [2.45, 2.75) is 53.5 Å². The van der Waals surface area contributed by atoms with E-state index in [0.717, 1.165) is 17.8 Å². The number of Topliss-reactive ketones (excluding diaryl/α,β-unsaturated/α-hetero) is 1. The van der Waals surface area contributed by atoms with E-state index in [4.69, 9.17) is 5.11 Å². The summed E-state index contributed by atoms with van der Waals surface area (Å²) in [7, 11) is 0. The zero-order valence-electron chi connectivity index (χ0n) is 12.8. The topological polar surface area (TPSA) is 79.3 Å². The van der Waals surface area contributed by atoms with Crippen molar-refractivity contribution in [3.8, 4) is 0 Å². The first-order chi connectivity index (χ1) is 8.91. The van der Waals surface area contributed by atoms with Gasteiger partial charge in [-0.1, -0.05) is 32.1 Å². The summed E-state index contributed by atoms with van der Waals surface area (Å²) < 4.78 is 0. The molecule has 0 atom stereocenters. The van der Waals surface area contributed by atoms with Crippen molar-refractivity contribution >= 4 is 28.2 Å². The Labute approximate surface area is 123 Å². The van der Waals surface area contributed by atoms with Crippen molar-refractivity contribution in [3.63, 3.8) is 0 Å².